The Kier molecular flexibility index (Phi) is 5.20. The summed E-state index contributed by atoms with van der Waals surface area (Å²) in [6.07, 6.45) is 0. The molecule has 0 N–H and O–H groups in total. The molecule has 0 aromatic heterocycles. The van der Waals surface area contributed by atoms with Gasteiger partial charge in [-0.05, 0) is 25.1 Å². The number of carbonyl (C=O) groups is 1. The van der Waals surface area contributed by atoms with Gasteiger partial charge in [0.25, 0.3) is 0 Å². The molecule has 1 amide bonds. The van der Waals surface area contributed by atoms with Gasteiger partial charge in [0.1, 0.15) is 18.9 Å². The van der Waals surface area contributed by atoms with Gasteiger partial charge < -0.3 is 9.64 Å². The van der Waals surface area contributed by atoms with Gasteiger partial charge in [-0.3, -0.25) is 9.79 Å². The van der Waals surface area contributed by atoms with Crippen LogP contribution in [0.2, 0.25) is 0 Å². The van der Waals surface area contributed by atoms with Crippen LogP contribution in [0.3, 0.4) is 0 Å². The van der Waals surface area contributed by atoms with Gasteiger partial charge in [-0.1, -0.05) is 66.2 Å². The Morgan fingerprint density at radius 2 is 1.64 bits per heavy atom. The summed E-state index contributed by atoms with van der Waals surface area (Å²) in [6, 6.07) is 25.9. The Morgan fingerprint density at radius 3 is 2.43 bits per heavy atom. The second kappa shape index (κ2) is 8.09. The molecule has 0 saturated carbocycles. The summed E-state index contributed by atoms with van der Waals surface area (Å²) in [4.78, 5) is 19.2. The van der Waals surface area contributed by atoms with Crippen LogP contribution in [0.4, 0.5) is 5.69 Å². The number of hydrogen-bond donors (Lipinski definition) is 0. The molecule has 140 valence electrons. The standard InChI is InChI=1S/C24H22N2O2/c1-18-11-13-20(14-12-18)28-16-15-26-22-10-6-5-9-21(22)24(25-17-23(26)27)19-7-3-2-4-8-19/h2-14H,15-17H2,1H3. The topological polar surface area (TPSA) is 41.9 Å². The number of carbonyl (C=O) groups excluding carboxylic acids is 1. The van der Waals surface area contributed by atoms with Crippen LogP contribution >= 0.6 is 0 Å². The first kappa shape index (κ1) is 18.0. The quantitative estimate of drug-likeness (QED) is 0.673. The van der Waals surface area contributed by atoms with E-state index >= 15 is 0 Å². The van der Waals surface area contributed by atoms with Crippen LogP contribution in [0.1, 0.15) is 16.7 Å². The van der Waals surface area contributed by atoms with E-state index in [1.807, 2.05) is 85.8 Å². The van der Waals surface area contributed by atoms with Crippen molar-refractivity contribution in [3.63, 3.8) is 0 Å². The molecular formula is C24H22N2O2. The Bertz CT molecular complexity index is 995. The van der Waals surface area contributed by atoms with E-state index in [0.717, 1.165) is 28.3 Å². The van der Waals surface area contributed by atoms with E-state index in [0.29, 0.717) is 13.2 Å². The van der Waals surface area contributed by atoms with Crippen molar-refractivity contribution in [1.29, 1.82) is 0 Å². The summed E-state index contributed by atoms with van der Waals surface area (Å²) in [5, 5.41) is 0. The van der Waals surface area contributed by atoms with Crippen LogP contribution in [0.5, 0.6) is 5.75 Å². The van der Waals surface area contributed by atoms with E-state index in [1.165, 1.54) is 5.56 Å². The number of aliphatic imine (C=N–C) groups is 1. The highest BCUT2D eigenvalue weighted by atomic mass is 16.5. The number of fused-ring (bicyclic) bond motifs is 1. The van der Waals surface area contributed by atoms with E-state index in [9.17, 15) is 4.79 Å². The van der Waals surface area contributed by atoms with Crippen molar-refractivity contribution >= 4 is 17.3 Å². The van der Waals surface area contributed by atoms with Crippen molar-refractivity contribution in [2.45, 2.75) is 6.92 Å². The molecule has 3 aromatic rings. The Balaban J connectivity index is 1.57. The first-order valence-corrected chi connectivity index (χ1v) is 9.41. The maximum absolute atomic E-state index is 12.8. The molecular weight excluding hydrogens is 348 g/mol. The third kappa shape index (κ3) is 3.81. The van der Waals surface area contributed by atoms with Gasteiger partial charge in [-0.15, -0.1) is 0 Å². The molecule has 1 aliphatic heterocycles. The monoisotopic (exact) mass is 370 g/mol. The average molecular weight is 370 g/mol. The fourth-order valence-electron chi connectivity index (χ4n) is 3.34. The predicted octanol–water partition coefficient (Wildman–Crippen LogP) is 4.26. The van der Waals surface area contributed by atoms with Gasteiger partial charge in [-0.25, -0.2) is 0 Å². The molecule has 0 fully saturated rings. The minimum Gasteiger partial charge on any atom is -0.492 e. The highest BCUT2D eigenvalue weighted by Gasteiger charge is 2.24. The number of amides is 1. The lowest BCUT2D eigenvalue weighted by Crippen LogP contribution is -2.36. The summed E-state index contributed by atoms with van der Waals surface area (Å²) >= 11 is 0. The van der Waals surface area contributed by atoms with Crippen molar-refractivity contribution in [3.05, 3.63) is 95.6 Å². The molecule has 1 aliphatic rings. The summed E-state index contributed by atoms with van der Waals surface area (Å²) in [5.74, 6) is 0.785. The molecule has 0 radical (unpaired) electrons. The number of hydrogen-bond acceptors (Lipinski definition) is 3. The summed E-state index contributed by atoms with van der Waals surface area (Å²) in [5.41, 5.74) is 4.90. The molecule has 0 unspecified atom stereocenters. The van der Waals surface area contributed by atoms with Crippen LogP contribution in [-0.4, -0.2) is 31.3 Å². The molecule has 4 heteroatoms. The molecule has 3 aromatic carbocycles. The fourth-order valence-corrected chi connectivity index (χ4v) is 3.34. The molecule has 0 bridgehead atoms. The van der Waals surface area contributed by atoms with Gasteiger partial charge >= 0.3 is 0 Å². The zero-order chi connectivity index (χ0) is 19.3. The Morgan fingerprint density at radius 1 is 0.929 bits per heavy atom. The minimum absolute atomic E-state index is 0.0223. The molecule has 4 nitrogen and oxygen atoms in total. The lowest BCUT2D eigenvalue weighted by Gasteiger charge is -2.23. The first-order chi connectivity index (χ1) is 13.7. The molecule has 0 spiro atoms. The van der Waals surface area contributed by atoms with E-state index in [2.05, 4.69) is 4.99 Å². The number of anilines is 1. The van der Waals surface area contributed by atoms with Crippen LogP contribution in [0.15, 0.2) is 83.9 Å². The van der Waals surface area contributed by atoms with E-state index < -0.39 is 0 Å². The van der Waals surface area contributed by atoms with Gasteiger partial charge in [0, 0.05) is 11.1 Å². The largest absolute Gasteiger partial charge is 0.492 e. The third-order valence-electron chi connectivity index (χ3n) is 4.78. The molecule has 0 atom stereocenters. The fraction of sp³-hybridized carbons (Fsp3) is 0.167. The van der Waals surface area contributed by atoms with E-state index in [-0.39, 0.29) is 12.5 Å². The van der Waals surface area contributed by atoms with Crippen molar-refractivity contribution < 1.29 is 9.53 Å². The molecule has 4 rings (SSSR count). The SMILES string of the molecule is Cc1ccc(OCCN2C(=O)CN=C(c3ccccc3)c3ccccc32)cc1. The molecule has 1 heterocycles. The van der Waals surface area contributed by atoms with Crippen molar-refractivity contribution in [1.82, 2.24) is 0 Å². The zero-order valence-electron chi connectivity index (χ0n) is 15.8. The van der Waals surface area contributed by atoms with Gasteiger partial charge in [-0.2, -0.15) is 0 Å². The van der Waals surface area contributed by atoms with Crippen LogP contribution in [-0.2, 0) is 4.79 Å². The minimum atomic E-state index is -0.0223. The van der Waals surface area contributed by atoms with Crippen LogP contribution in [0.25, 0.3) is 0 Å². The number of aryl methyl sites for hydroxylation is 1. The molecule has 28 heavy (non-hydrogen) atoms. The highest BCUT2D eigenvalue weighted by Crippen LogP contribution is 2.26. The number of ether oxygens (including phenoxy) is 1. The molecule has 0 saturated heterocycles. The smallest absolute Gasteiger partial charge is 0.248 e. The highest BCUT2D eigenvalue weighted by molar-refractivity contribution is 6.19. The lowest BCUT2D eigenvalue weighted by molar-refractivity contribution is -0.117. The summed E-state index contributed by atoms with van der Waals surface area (Å²) in [6.45, 7) is 3.06. The number of para-hydroxylation sites is 1. The average Bonchev–Trinajstić information content (AvgIpc) is 2.87. The number of nitrogens with zero attached hydrogens (tertiary/aromatic N) is 2. The van der Waals surface area contributed by atoms with Crippen molar-refractivity contribution in [2.75, 3.05) is 24.6 Å². The number of benzene rings is 3. The van der Waals surface area contributed by atoms with Crippen LogP contribution in [0, 0.1) is 6.92 Å². The van der Waals surface area contributed by atoms with E-state index in [1.54, 1.807) is 4.90 Å². The second-order valence-corrected chi connectivity index (χ2v) is 6.75. The van der Waals surface area contributed by atoms with Crippen molar-refractivity contribution in [3.8, 4) is 5.75 Å². The summed E-state index contributed by atoms with van der Waals surface area (Å²) < 4.78 is 5.85. The van der Waals surface area contributed by atoms with Crippen molar-refractivity contribution in [2.24, 2.45) is 4.99 Å². The van der Waals surface area contributed by atoms with Gasteiger partial charge in [0.05, 0.1) is 17.9 Å². The van der Waals surface area contributed by atoms with E-state index in [4.69, 9.17) is 4.74 Å². The second-order valence-electron chi connectivity index (χ2n) is 6.75. The predicted molar refractivity (Wildman–Crippen MR) is 112 cm³/mol. The number of rotatable bonds is 5. The lowest BCUT2D eigenvalue weighted by atomic mass is 10.0. The maximum Gasteiger partial charge on any atom is 0.248 e. The Hall–Kier alpha value is -3.40. The third-order valence-corrected chi connectivity index (χ3v) is 4.78. The first-order valence-electron chi connectivity index (χ1n) is 9.41. The van der Waals surface area contributed by atoms with Gasteiger partial charge in [0.2, 0.25) is 5.91 Å². The number of benzodiazepines with no additional fused rings is 1. The van der Waals surface area contributed by atoms with Gasteiger partial charge in [0.15, 0.2) is 0 Å². The maximum atomic E-state index is 12.8. The van der Waals surface area contributed by atoms with Crippen LogP contribution < -0.4 is 9.64 Å². The molecule has 0 aliphatic carbocycles. The summed E-state index contributed by atoms with van der Waals surface area (Å²) in [7, 11) is 0. The Labute approximate surface area is 165 Å². The zero-order valence-corrected chi connectivity index (χ0v) is 15.8. The normalized spacial score (nSPS) is 13.5.